The maximum Gasteiger partial charge on any atom is 0.276 e. The maximum atomic E-state index is 12.7. The predicted molar refractivity (Wildman–Crippen MR) is 79.9 cm³/mol. The summed E-state index contributed by atoms with van der Waals surface area (Å²) in [7, 11) is 0. The smallest absolute Gasteiger partial charge is 0.276 e. The van der Waals surface area contributed by atoms with Crippen LogP contribution in [0.5, 0.6) is 0 Å². The number of rotatable bonds is 2. The van der Waals surface area contributed by atoms with E-state index in [-0.39, 0.29) is 5.91 Å². The maximum absolute atomic E-state index is 12.7. The summed E-state index contributed by atoms with van der Waals surface area (Å²) in [5, 5.41) is 7.12. The molecule has 0 atom stereocenters. The molecule has 2 aliphatic rings. The van der Waals surface area contributed by atoms with Gasteiger partial charge in [-0.2, -0.15) is 5.10 Å². The fourth-order valence-electron chi connectivity index (χ4n) is 3.03. The Morgan fingerprint density at radius 3 is 2.81 bits per heavy atom. The largest absolute Gasteiger partial charge is 0.395 e. The molecule has 3 N–H and O–H groups in total. The van der Waals surface area contributed by atoms with Gasteiger partial charge in [-0.05, 0) is 30.4 Å². The van der Waals surface area contributed by atoms with Crippen molar-refractivity contribution < 1.29 is 4.79 Å². The lowest BCUT2D eigenvalue weighted by molar-refractivity contribution is 0.0730. The second-order valence-electron chi connectivity index (χ2n) is 5.92. The highest BCUT2D eigenvalue weighted by Gasteiger charge is 2.32. The van der Waals surface area contributed by atoms with Crippen molar-refractivity contribution in [1.29, 1.82) is 0 Å². The second kappa shape index (κ2) is 4.62. The van der Waals surface area contributed by atoms with Gasteiger partial charge in [-0.15, -0.1) is 0 Å². The number of carbonyl (C=O) groups excluding carboxylic acids is 1. The van der Waals surface area contributed by atoms with Crippen molar-refractivity contribution >= 4 is 11.6 Å². The number of hydrogen-bond acceptors (Lipinski definition) is 3. The lowest BCUT2D eigenvalue weighted by atomic mass is 9.99. The first kappa shape index (κ1) is 12.4. The van der Waals surface area contributed by atoms with E-state index < -0.39 is 0 Å². The van der Waals surface area contributed by atoms with E-state index >= 15 is 0 Å². The number of aromatic nitrogens is 2. The highest BCUT2D eigenvalue weighted by molar-refractivity contribution is 5.97. The van der Waals surface area contributed by atoms with Crippen molar-refractivity contribution in [3.63, 3.8) is 0 Å². The molecule has 1 amide bonds. The normalized spacial score (nSPS) is 17.6. The quantitative estimate of drug-likeness (QED) is 0.885. The van der Waals surface area contributed by atoms with Crippen LogP contribution >= 0.6 is 0 Å². The molecule has 1 aromatic carbocycles. The van der Waals surface area contributed by atoms with Gasteiger partial charge in [0.25, 0.3) is 5.91 Å². The molecule has 1 fully saturated rings. The first-order valence-electron chi connectivity index (χ1n) is 7.44. The van der Waals surface area contributed by atoms with Crippen molar-refractivity contribution in [3.8, 4) is 0 Å². The molecule has 5 heteroatoms. The number of fused-ring (bicyclic) bond motifs is 1. The van der Waals surface area contributed by atoms with Crippen molar-refractivity contribution in [2.75, 3.05) is 12.3 Å². The Kier molecular flexibility index (Phi) is 2.74. The first-order chi connectivity index (χ1) is 10.2. The van der Waals surface area contributed by atoms with E-state index in [0.29, 0.717) is 23.8 Å². The number of nitrogens with one attached hydrogen (secondary N) is 1. The predicted octanol–water partition coefficient (Wildman–Crippen LogP) is 2.07. The molecule has 1 aromatic heterocycles. The molecule has 0 unspecified atom stereocenters. The number of hydrogen-bond donors (Lipinski definition) is 2. The minimum Gasteiger partial charge on any atom is -0.395 e. The summed E-state index contributed by atoms with van der Waals surface area (Å²) in [5.41, 5.74) is 10.5. The number of anilines is 1. The molecule has 21 heavy (non-hydrogen) atoms. The number of carbonyl (C=O) groups is 1. The van der Waals surface area contributed by atoms with E-state index in [0.717, 1.165) is 31.5 Å². The Bertz CT molecular complexity index is 702. The van der Waals surface area contributed by atoms with E-state index in [4.69, 9.17) is 5.73 Å². The van der Waals surface area contributed by atoms with Gasteiger partial charge in [-0.3, -0.25) is 9.89 Å². The zero-order valence-electron chi connectivity index (χ0n) is 11.8. The van der Waals surface area contributed by atoms with Crippen molar-refractivity contribution in [2.24, 2.45) is 0 Å². The van der Waals surface area contributed by atoms with Crippen molar-refractivity contribution in [1.82, 2.24) is 15.1 Å². The van der Waals surface area contributed by atoms with Crippen LogP contribution in [0.15, 0.2) is 24.3 Å². The molecular weight excluding hydrogens is 264 g/mol. The van der Waals surface area contributed by atoms with Crippen LogP contribution in [0, 0.1) is 0 Å². The molecule has 1 saturated carbocycles. The first-order valence-corrected chi connectivity index (χ1v) is 7.44. The second-order valence-corrected chi connectivity index (χ2v) is 5.92. The Hall–Kier alpha value is -2.30. The Labute approximate surface area is 123 Å². The van der Waals surface area contributed by atoms with Gasteiger partial charge in [-0.25, -0.2) is 0 Å². The van der Waals surface area contributed by atoms with Gasteiger partial charge in [0.2, 0.25) is 0 Å². The summed E-state index contributed by atoms with van der Waals surface area (Å²) in [6.45, 7) is 1.36. The number of nitrogens with two attached hydrogens (primary N) is 1. The highest BCUT2D eigenvalue weighted by Crippen LogP contribution is 2.42. The van der Waals surface area contributed by atoms with E-state index in [2.05, 4.69) is 22.3 Å². The van der Waals surface area contributed by atoms with E-state index in [1.807, 2.05) is 17.0 Å². The van der Waals surface area contributed by atoms with Gasteiger partial charge in [0.1, 0.15) is 0 Å². The van der Waals surface area contributed by atoms with Crippen LogP contribution in [0.3, 0.4) is 0 Å². The van der Waals surface area contributed by atoms with Crippen LogP contribution in [0.25, 0.3) is 0 Å². The third kappa shape index (κ3) is 2.09. The molecule has 0 radical (unpaired) electrons. The number of amides is 1. The Balaban J connectivity index is 1.58. The van der Waals surface area contributed by atoms with Crippen molar-refractivity contribution in [2.45, 2.75) is 31.7 Å². The molecule has 108 valence electrons. The topological polar surface area (TPSA) is 75.0 Å². The number of nitrogen functional groups attached to an aromatic ring is 1. The molecule has 0 spiro atoms. The summed E-state index contributed by atoms with van der Waals surface area (Å²) in [6, 6.07) is 8.27. The average molecular weight is 282 g/mol. The number of aromatic amines is 1. The Morgan fingerprint density at radius 2 is 2.05 bits per heavy atom. The minimum atomic E-state index is -0.0647. The molecular formula is C16H18N4O. The zero-order valence-corrected chi connectivity index (χ0v) is 11.8. The third-order valence-electron chi connectivity index (χ3n) is 4.44. The minimum absolute atomic E-state index is 0.0647. The lowest BCUT2D eigenvalue weighted by Crippen LogP contribution is -2.36. The van der Waals surface area contributed by atoms with Crippen LogP contribution in [0.1, 0.15) is 46.1 Å². The van der Waals surface area contributed by atoms with E-state index in [1.54, 1.807) is 0 Å². The van der Waals surface area contributed by atoms with Gasteiger partial charge < -0.3 is 10.6 Å². The third-order valence-corrected chi connectivity index (χ3v) is 4.44. The molecule has 2 aromatic rings. The van der Waals surface area contributed by atoms with Gasteiger partial charge in [-0.1, -0.05) is 24.3 Å². The number of H-pyrrole nitrogens is 1. The molecule has 2 heterocycles. The monoisotopic (exact) mass is 282 g/mol. The fourth-order valence-corrected chi connectivity index (χ4v) is 3.03. The number of benzene rings is 1. The molecule has 5 nitrogen and oxygen atoms in total. The van der Waals surface area contributed by atoms with Gasteiger partial charge >= 0.3 is 0 Å². The van der Waals surface area contributed by atoms with Crippen LogP contribution < -0.4 is 5.73 Å². The zero-order chi connectivity index (χ0) is 14.4. The number of nitrogens with zero attached hydrogens (tertiary/aromatic N) is 2. The SMILES string of the molecule is Nc1c(C(=O)N2CCc3ccccc3C2)n[nH]c1C1CC1. The molecule has 4 rings (SSSR count). The summed E-state index contributed by atoms with van der Waals surface area (Å²) in [4.78, 5) is 14.5. The summed E-state index contributed by atoms with van der Waals surface area (Å²) >= 11 is 0. The van der Waals surface area contributed by atoms with E-state index in [1.165, 1.54) is 11.1 Å². The van der Waals surface area contributed by atoms with Crippen LogP contribution in [-0.4, -0.2) is 27.5 Å². The molecule has 0 bridgehead atoms. The molecule has 1 aliphatic carbocycles. The summed E-state index contributed by atoms with van der Waals surface area (Å²) in [6.07, 6.45) is 3.16. The van der Waals surface area contributed by atoms with Gasteiger partial charge in [0, 0.05) is 19.0 Å². The van der Waals surface area contributed by atoms with Crippen LogP contribution in [-0.2, 0) is 13.0 Å². The summed E-state index contributed by atoms with van der Waals surface area (Å²) < 4.78 is 0. The molecule has 0 saturated heterocycles. The summed E-state index contributed by atoms with van der Waals surface area (Å²) in [5.74, 6) is 0.409. The lowest BCUT2D eigenvalue weighted by Gasteiger charge is -2.28. The standard InChI is InChI=1S/C16H18N4O/c17-13-14(11-5-6-11)18-19-15(13)16(21)20-8-7-10-3-1-2-4-12(10)9-20/h1-4,11H,5-9,17H2,(H,18,19). The van der Waals surface area contributed by atoms with E-state index in [9.17, 15) is 4.79 Å². The van der Waals surface area contributed by atoms with Crippen LogP contribution in [0.2, 0.25) is 0 Å². The van der Waals surface area contributed by atoms with Crippen LogP contribution in [0.4, 0.5) is 5.69 Å². The Morgan fingerprint density at radius 1 is 1.29 bits per heavy atom. The average Bonchev–Trinajstić information content (AvgIpc) is 3.29. The fraction of sp³-hybridized carbons (Fsp3) is 0.375. The van der Waals surface area contributed by atoms with Gasteiger partial charge in [0.15, 0.2) is 5.69 Å². The molecule has 1 aliphatic heterocycles. The van der Waals surface area contributed by atoms with Gasteiger partial charge in [0.05, 0.1) is 11.4 Å². The van der Waals surface area contributed by atoms with Crippen molar-refractivity contribution in [3.05, 3.63) is 46.8 Å². The highest BCUT2D eigenvalue weighted by atomic mass is 16.2.